The van der Waals surface area contributed by atoms with Crippen LogP contribution >= 0.6 is 0 Å². The van der Waals surface area contributed by atoms with Crippen LogP contribution in [0.2, 0.25) is 18.1 Å². The average molecular weight is 381 g/mol. The molecule has 1 aliphatic carbocycles. The fourth-order valence-electron chi connectivity index (χ4n) is 3.52. The lowest BCUT2D eigenvalue weighted by Crippen LogP contribution is -2.41. The molecule has 1 aliphatic heterocycles. The third-order valence-corrected chi connectivity index (χ3v) is 10.6. The molecular formula is C20H29FO4Si. The number of hydrogen-bond acceptors (Lipinski definition) is 4. The van der Waals surface area contributed by atoms with E-state index >= 15 is 0 Å². The Morgan fingerprint density at radius 3 is 2.58 bits per heavy atom. The highest BCUT2D eigenvalue weighted by Gasteiger charge is 2.65. The monoisotopic (exact) mass is 380 g/mol. The number of benzene rings is 1. The molecule has 0 saturated heterocycles. The highest BCUT2D eigenvalue weighted by Crippen LogP contribution is 2.61. The Balaban J connectivity index is 1.90. The van der Waals surface area contributed by atoms with Crippen molar-refractivity contribution in [3.8, 4) is 5.75 Å². The molecule has 0 amide bonds. The van der Waals surface area contributed by atoms with Crippen LogP contribution in [0.15, 0.2) is 12.1 Å². The second-order valence-electron chi connectivity index (χ2n) is 8.79. The maximum atomic E-state index is 14.3. The fraction of sp³-hybridized carbons (Fsp3) is 0.650. The highest BCUT2D eigenvalue weighted by atomic mass is 28.4. The summed E-state index contributed by atoms with van der Waals surface area (Å²) in [4.78, 5) is 12.1. The van der Waals surface area contributed by atoms with E-state index < -0.39 is 8.32 Å². The summed E-state index contributed by atoms with van der Waals surface area (Å²) in [5.41, 5.74) is 1.71. The molecule has 4 nitrogen and oxygen atoms in total. The SMILES string of the molecule is CCOC(=O)C1C2Oc3c(F)ccc([C@@H](C)O[Si](C)(C)C(C)(C)C)c3C21. The second kappa shape index (κ2) is 6.34. The quantitative estimate of drug-likeness (QED) is 0.536. The number of rotatable bonds is 5. The van der Waals surface area contributed by atoms with E-state index in [0.29, 0.717) is 6.61 Å². The van der Waals surface area contributed by atoms with Crippen molar-refractivity contribution in [2.45, 2.75) is 70.9 Å². The van der Waals surface area contributed by atoms with Crippen LogP contribution in [0.5, 0.6) is 5.75 Å². The number of ether oxygens (including phenoxy) is 2. The van der Waals surface area contributed by atoms with E-state index in [0.717, 1.165) is 11.1 Å². The third-order valence-electron chi connectivity index (χ3n) is 6.00. The van der Waals surface area contributed by atoms with Gasteiger partial charge in [-0.25, -0.2) is 4.39 Å². The Morgan fingerprint density at radius 1 is 1.35 bits per heavy atom. The summed E-state index contributed by atoms with van der Waals surface area (Å²) in [6.07, 6.45) is -0.490. The average Bonchev–Trinajstić information content (AvgIpc) is 3.09. The van der Waals surface area contributed by atoms with Crippen molar-refractivity contribution >= 4 is 14.3 Å². The Labute approximate surface area is 156 Å². The molecule has 144 valence electrons. The molecule has 0 bridgehead atoms. The molecule has 0 aromatic heterocycles. The number of fused-ring (bicyclic) bond motifs is 3. The van der Waals surface area contributed by atoms with E-state index in [1.54, 1.807) is 13.0 Å². The minimum absolute atomic E-state index is 0.0799. The lowest BCUT2D eigenvalue weighted by atomic mass is 9.97. The Morgan fingerprint density at radius 2 is 2.00 bits per heavy atom. The fourth-order valence-corrected chi connectivity index (χ4v) is 4.88. The molecule has 1 aromatic rings. The van der Waals surface area contributed by atoms with Gasteiger partial charge in [0.05, 0.1) is 12.7 Å². The van der Waals surface area contributed by atoms with Crippen molar-refractivity contribution in [2.24, 2.45) is 5.92 Å². The second-order valence-corrected chi connectivity index (χ2v) is 13.5. The van der Waals surface area contributed by atoms with Crippen molar-refractivity contribution in [3.63, 3.8) is 0 Å². The third kappa shape index (κ3) is 3.07. The van der Waals surface area contributed by atoms with E-state index in [9.17, 15) is 9.18 Å². The first kappa shape index (κ1) is 19.4. The minimum Gasteiger partial charge on any atom is -0.485 e. The summed E-state index contributed by atoms with van der Waals surface area (Å²) in [6, 6.07) is 3.21. The molecule has 0 radical (unpaired) electrons. The molecule has 1 saturated carbocycles. The summed E-state index contributed by atoms with van der Waals surface area (Å²) >= 11 is 0. The van der Waals surface area contributed by atoms with Crippen molar-refractivity contribution in [1.29, 1.82) is 0 Å². The maximum Gasteiger partial charge on any atom is 0.313 e. The van der Waals surface area contributed by atoms with E-state index in [-0.39, 0.29) is 46.6 Å². The van der Waals surface area contributed by atoms with Crippen LogP contribution in [0.4, 0.5) is 4.39 Å². The van der Waals surface area contributed by atoms with Gasteiger partial charge in [-0.2, -0.15) is 0 Å². The molecule has 0 N–H and O–H groups in total. The normalized spacial score (nSPS) is 25.2. The number of carbonyl (C=O) groups is 1. The first-order valence-corrected chi connectivity index (χ1v) is 12.2. The van der Waals surface area contributed by atoms with Crippen molar-refractivity contribution in [1.82, 2.24) is 0 Å². The van der Waals surface area contributed by atoms with Crippen LogP contribution < -0.4 is 4.74 Å². The highest BCUT2D eigenvalue weighted by molar-refractivity contribution is 6.74. The van der Waals surface area contributed by atoms with E-state index in [1.165, 1.54) is 6.07 Å². The van der Waals surface area contributed by atoms with Crippen LogP contribution in [-0.2, 0) is 14.0 Å². The first-order valence-electron chi connectivity index (χ1n) is 9.33. The maximum absolute atomic E-state index is 14.3. The molecular weight excluding hydrogens is 351 g/mol. The van der Waals surface area contributed by atoms with Gasteiger partial charge in [-0.05, 0) is 43.6 Å². The lowest BCUT2D eigenvalue weighted by Gasteiger charge is -2.39. The zero-order valence-electron chi connectivity index (χ0n) is 16.7. The van der Waals surface area contributed by atoms with E-state index in [4.69, 9.17) is 13.9 Å². The van der Waals surface area contributed by atoms with Gasteiger partial charge in [0.15, 0.2) is 19.9 Å². The molecule has 3 unspecified atom stereocenters. The molecule has 2 aliphatic rings. The predicted octanol–water partition coefficient (Wildman–Crippen LogP) is 4.95. The van der Waals surface area contributed by atoms with Crippen LogP contribution in [0.3, 0.4) is 0 Å². The Kier molecular flexibility index (Phi) is 4.72. The Hall–Kier alpha value is -1.40. The molecule has 1 aromatic carbocycles. The first-order chi connectivity index (χ1) is 12.0. The molecule has 1 heterocycles. The molecule has 1 fully saturated rings. The molecule has 0 spiro atoms. The number of carbonyl (C=O) groups excluding carboxylic acids is 1. The van der Waals surface area contributed by atoms with Crippen molar-refractivity contribution in [3.05, 3.63) is 29.1 Å². The minimum atomic E-state index is -1.98. The van der Waals surface area contributed by atoms with Gasteiger partial charge >= 0.3 is 5.97 Å². The number of esters is 1. The van der Waals surface area contributed by atoms with Gasteiger partial charge in [-0.1, -0.05) is 26.8 Å². The lowest BCUT2D eigenvalue weighted by molar-refractivity contribution is -0.145. The summed E-state index contributed by atoms with van der Waals surface area (Å²) < 4.78 is 31.7. The van der Waals surface area contributed by atoms with Gasteiger partial charge in [-0.3, -0.25) is 4.79 Å². The summed E-state index contributed by atoms with van der Waals surface area (Å²) in [7, 11) is -1.98. The molecule has 6 heteroatoms. The van der Waals surface area contributed by atoms with Gasteiger partial charge in [-0.15, -0.1) is 0 Å². The van der Waals surface area contributed by atoms with Gasteiger partial charge in [0.1, 0.15) is 12.0 Å². The number of hydrogen-bond donors (Lipinski definition) is 0. The smallest absolute Gasteiger partial charge is 0.313 e. The van der Waals surface area contributed by atoms with Gasteiger partial charge in [0, 0.05) is 11.5 Å². The van der Waals surface area contributed by atoms with Crippen LogP contribution in [0.1, 0.15) is 57.8 Å². The van der Waals surface area contributed by atoms with Crippen LogP contribution in [-0.4, -0.2) is 27.0 Å². The van der Waals surface area contributed by atoms with Crippen LogP contribution in [0, 0.1) is 11.7 Å². The molecule has 3 rings (SSSR count). The predicted molar refractivity (Wildman–Crippen MR) is 100 cm³/mol. The summed E-state index contributed by atoms with van der Waals surface area (Å²) in [6.45, 7) is 15.1. The Bertz CT molecular complexity index is 725. The van der Waals surface area contributed by atoms with Crippen molar-refractivity contribution < 1.29 is 23.1 Å². The molecule has 4 atom stereocenters. The zero-order valence-corrected chi connectivity index (χ0v) is 17.7. The van der Waals surface area contributed by atoms with E-state index in [2.05, 4.69) is 33.9 Å². The number of halogens is 1. The van der Waals surface area contributed by atoms with Gasteiger partial charge in [0.2, 0.25) is 0 Å². The van der Waals surface area contributed by atoms with Gasteiger partial charge < -0.3 is 13.9 Å². The largest absolute Gasteiger partial charge is 0.485 e. The van der Waals surface area contributed by atoms with Gasteiger partial charge in [0.25, 0.3) is 0 Å². The summed E-state index contributed by atoms with van der Waals surface area (Å²) in [5.74, 6) is -0.813. The zero-order chi connectivity index (χ0) is 19.4. The summed E-state index contributed by atoms with van der Waals surface area (Å²) in [5, 5.41) is 0.0799. The van der Waals surface area contributed by atoms with E-state index in [1.807, 2.05) is 6.92 Å². The molecule has 26 heavy (non-hydrogen) atoms. The standard InChI is InChI=1S/C20H29FO4Si/c1-8-23-19(22)16-15-14-12(9-10-13(21)17(14)24-18(15)16)11(2)25-26(6,7)20(3,4)5/h9-11,15-16,18H,8H2,1-7H3/t11-,15?,16?,18?/m1/s1. The topological polar surface area (TPSA) is 44.8 Å². The van der Waals surface area contributed by atoms with Crippen molar-refractivity contribution in [2.75, 3.05) is 6.61 Å². The van der Waals surface area contributed by atoms with Crippen LogP contribution in [0.25, 0.3) is 0 Å².